The summed E-state index contributed by atoms with van der Waals surface area (Å²) in [4.78, 5) is 34.0. The Kier molecular flexibility index (Phi) is 5.09. The molecule has 0 radical (unpaired) electrons. The Balaban J connectivity index is 1.51. The number of morpholine rings is 1. The van der Waals surface area contributed by atoms with Gasteiger partial charge < -0.3 is 19.7 Å². The molecule has 2 fully saturated rings. The molecule has 2 saturated heterocycles. The van der Waals surface area contributed by atoms with Crippen molar-refractivity contribution < 1.29 is 19.4 Å². The first-order valence-corrected chi connectivity index (χ1v) is 11.3. The largest absolute Gasteiger partial charge is 0.478 e. The summed E-state index contributed by atoms with van der Waals surface area (Å²) in [7, 11) is 0. The molecule has 0 saturated carbocycles. The number of aromatic amines is 1. The van der Waals surface area contributed by atoms with Crippen molar-refractivity contribution in [2.24, 2.45) is 0 Å². The summed E-state index contributed by atoms with van der Waals surface area (Å²) in [5.41, 5.74) is 2.32. The smallest absolute Gasteiger partial charge is 0.335 e. The standard InChI is InChI=1S/C20H18Cl2N4O4S/c1-8-14(21)15(22)17(23-8)18(27)25-20-24-16-12(4-9(19(28)29)5-13(16)31-20)26-6-10-2-3-11(7-26)30-10/h4-5,10-11,23H,2-3,6-7H2,1H3,(H,28,29)(H,24,25,27)/t10-,11+. The minimum atomic E-state index is -1.01. The van der Waals surface area contributed by atoms with Gasteiger partial charge in [-0.2, -0.15) is 0 Å². The van der Waals surface area contributed by atoms with Crippen LogP contribution in [-0.4, -0.2) is 52.2 Å². The Labute approximate surface area is 191 Å². The minimum Gasteiger partial charge on any atom is -0.478 e. The van der Waals surface area contributed by atoms with Gasteiger partial charge in [-0.05, 0) is 31.9 Å². The van der Waals surface area contributed by atoms with Gasteiger partial charge in [0.15, 0.2) is 5.13 Å². The molecule has 162 valence electrons. The first-order chi connectivity index (χ1) is 14.8. The van der Waals surface area contributed by atoms with E-state index in [2.05, 4.69) is 20.2 Å². The SMILES string of the molecule is Cc1[nH]c(C(=O)Nc2nc3c(N4C[C@H]5CC[C@@H](C4)O5)cc(C(=O)O)cc3s2)c(Cl)c1Cl. The Hall–Kier alpha value is -2.33. The number of hydrogen-bond donors (Lipinski definition) is 3. The summed E-state index contributed by atoms with van der Waals surface area (Å²) >= 11 is 13.4. The van der Waals surface area contributed by atoms with Crippen molar-refractivity contribution >= 4 is 67.5 Å². The predicted molar refractivity (Wildman–Crippen MR) is 120 cm³/mol. The molecule has 2 bridgehead atoms. The number of benzene rings is 1. The molecule has 4 heterocycles. The molecule has 1 amide bonds. The number of aromatic carboxylic acids is 1. The minimum absolute atomic E-state index is 0.142. The number of aromatic nitrogens is 2. The summed E-state index contributed by atoms with van der Waals surface area (Å²) in [6.45, 7) is 3.09. The van der Waals surface area contributed by atoms with Gasteiger partial charge in [0.2, 0.25) is 0 Å². The third-order valence-electron chi connectivity index (χ3n) is 5.61. The average Bonchev–Trinajstić information content (AvgIpc) is 3.37. The second kappa shape index (κ2) is 7.67. The lowest BCUT2D eigenvalue weighted by molar-refractivity contribution is 0.0306. The number of halogens is 2. The first-order valence-electron chi connectivity index (χ1n) is 9.73. The lowest BCUT2D eigenvalue weighted by Gasteiger charge is -2.34. The molecule has 31 heavy (non-hydrogen) atoms. The van der Waals surface area contributed by atoms with Gasteiger partial charge in [-0.15, -0.1) is 0 Å². The highest BCUT2D eigenvalue weighted by atomic mass is 35.5. The molecular formula is C20H18Cl2N4O4S. The van der Waals surface area contributed by atoms with Crippen LogP contribution in [0.5, 0.6) is 0 Å². The van der Waals surface area contributed by atoms with Gasteiger partial charge in [0.05, 0.1) is 38.2 Å². The number of nitrogens with one attached hydrogen (secondary N) is 2. The van der Waals surface area contributed by atoms with Crippen LogP contribution in [0.3, 0.4) is 0 Å². The lowest BCUT2D eigenvalue weighted by atomic mass is 10.1. The third-order valence-corrected chi connectivity index (χ3v) is 7.47. The number of hydrogen-bond acceptors (Lipinski definition) is 6. The first kappa shape index (κ1) is 20.6. The summed E-state index contributed by atoms with van der Waals surface area (Å²) in [6.07, 6.45) is 2.28. The zero-order valence-corrected chi connectivity index (χ0v) is 18.7. The van der Waals surface area contributed by atoms with Crippen LogP contribution in [-0.2, 0) is 4.74 Å². The van der Waals surface area contributed by atoms with E-state index in [0.29, 0.717) is 39.2 Å². The van der Waals surface area contributed by atoms with Gasteiger partial charge in [-0.25, -0.2) is 9.78 Å². The van der Waals surface area contributed by atoms with E-state index in [9.17, 15) is 14.7 Å². The quantitative estimate of drug-likeness (QED) is 0.505. The number of aryl methyl sites for hydroxylation is 1. The van der Waals surface area contributed by atoms with Crippen molar-refractivity contribution in [1.29, 1.82) is 0 Å². The van der Waals surface area contributed by atoms with Gasteiger partial charge in [0.1, 0.15) is 11.2 Å². The van der Waals surface area contributed by atoms with Crippen molar-refractivity contribution in [3.05, 3.63) is 39.1 Å². The molecule has 5 rings (SSSR count). The maximum atomic E-state index is 12.7. The zero-order chi connectivity index (χ0) is 21.9. The van der Waals surface area contributed by atoms with Crippen LogP contribution in [0, 0.1) is 6.92 Å². The average molecular weight is 481 g/mol. The Morgan fingerprint density at radius 2 is 1.97 bits per heavy atom. The maximum absolute atomic E-state index is 12.7. The van der Waals surface area contributed by atoms with E-state index < -0.39 is 11.9 Å². The van der Waals surface area contributed by atoms with E-state index >= 15 is 0 Å². The van der Waals surface area contributed by atoms with E-state index in [0.717, 1.165) is 18.5 Å². The summed E-state index contributed by atoms with van der Waals surface area (Å²) in [5.74, 6) is -1.48. The highest BCUT2D eigenvalue weighted by Gasteiger charge is 2.35. The number of carbonyl (C=O) groups excluding carboxylic acids is 1. The number of carbonyl (C=O) groups is 2. The lowest BCUT2D eigenvalue weighted by Crippen LogP contribution is -2.42. The maximum Gasteiger partial charge on any atom is 0.335 e. The van der Waals surface area contributed by atoms with Crippen LogP contribution in [0.2, 0.25) is 10.0 Å². The fourth-order valence-electron chi connectivity index (χ4n) is 4.13. The molecule has 2 aliphatic heterocycles. The number of carboxylic acid groups (broad SMARTS) is 1. The van der Waals surface area contributed by atoms with Crippen molar-refractivity contribution in [3.63, 3.8) is 0 Å². The molecule has 2 aromatic heterocycles. The van der Waals surface area contributed by atoms with E-state index in [1.54, 1.807) is 19.1 Å². The zero-order valence-electron chi connectivity index (χ0n) is 16.4. The number of H-pyrrole nitrogens is 1. The fourth-order valence-corrected chi connectivity index (χ4v) is 5.47. The van der Waals surface area contributed by atoms with Crippen molar-refractivity contribution in [2.45, 2.75) is 32.0 Å². The van der Waals surface area contributed by atoms with Crippen LogP contribution in [0.4, 0.5) is 10.8 Å². The number of carboxylic acids is 1. The molecule has 0 unspecified atom stereocenters. The number of nitrogens with zero attached hydrogens (tertiary/aromatic N) is 2. The van der Waals surface area contributed by atoms with E-state index in [-0.39, 0.29) is 28.5 Å². The summed E-state index contributed by atoms with van der Waals surface area (Å²) in [5, 5.41) is 13.1. The molecule has 11 heteroatoms. The number of amides is 1. The molecule has 3 aromatic rings. The fraction of sp³-hybridized carbons (Fsp3) is 0.350. The summed E-state index contributed by atoms with van der Waals surface area (Å²) < 4.78 is 6.59. The predicted octanol–water partition coefficient (Wildman–Crippen LogP) is 4.56. The van der Waals surface area contributed by atoms with Crippen LogP contribution in [0.1, 0.15) is 39.4 Å². The monoisotopic (exact) mass is 480 g/mol. The van der Waals surface area contributed by atoms with Crippen LogP contribution in [0.25, 0.3) is 10.2 Å². The van der Waals surface area contributed by atoms with E-state index in [1.807, 2.05) is 0 Å². The van der Waals surface area contributed by atoms with Crippen molar-refractivity contribution in [2.75, 3.05) is 23.3 Å². The molecule has 1 aromatic carbocycles. The topological polar surface area (TPSA) is 108 Å². The molecule has 8 nitrogen and oxygen atoms in total. The van der Waals surface area contributed by atoms with Gasteiger partial charge in [0, 0.05) is 18.8 Å². The normalized spacial score (nSPS) is 20.4. The second-order valence-corrected chi connectivity index (χ2v) is 9.52. The Morgan fingerprint density at radius 3 is 2.58 bits per heavy atom. The second-order valence-electron chi connectivity index (χ2n) is 7.74. The third kappa shape index (κ3) is 3.65. The molecule has 2 atom stereocenters. The van der Waals surface area contributed by atoms with Gasteiger partial charge in [-0.1, -0.05) is 34.5 Å². The van der Waals surface area contributed by atoms with E-state index in [4.69, 9.17) is 27.9 Å². The molecule has 0 aliphatic carbocycles. The summed E-state index contributed by atoms with van der Waals surface area (Å²) in [6, 6.07) is 3.22. The Bertz CT molecular complexity index is 1210. The Morgan fingerprint density at radius 1 is 1.26 bits per heavy atom. The highest BCUT2D eigenvalue weighted by molar-refractivity contribution is 7.22. The number of fused-ring (bicyclic) bond motifs is 3. The van der Waals surface area contributed by atoms with E-state index in [1.165, 1.54) is 11.3 Å². The number of anilines is 2. The van der Waals surface area contributed by atoms with Crippen molar-refractivity contribution in [3.8, 4) is 0 Å². The van der Waals surface area contributed by atoms with Crippen molar-refractivity contribution in [1.82, 2.24) is 9.97 Å². The molecule has 2 aliphatic rings. The number of thiazole rings is 1. The molecule has 3 N–H and O–H groups in total. The van der Waals surface area contributed by atoms with Gasteiger partial charge in [0.25, 0.3) is 5.91 Å². The molecular weight excluding hydrogens is 463 g/mol. The van der Waals surface area contributed by atoms with Crippen LogP contribution in [0.15, 0.2) is 12.1 Å². The van der Waals surface area contributed by atoms with Gasteiger partial charge in [-0.3, -0.25) is 10.1 Å². The highest BCUT2D eigenvalue weighted by Crippen LogP contribution is 2.38. The number of rotatable bonds is 4. The van der Waals surface area contributed by atoms with Crippen LogP contribution < -0.4 is 10.2 Å². The van der Waals surface area contributed by atoms with Gasteiger partial charge >= 0.3 is 5.97 Å². The number of ether oxygens (including phenoxy) is 1. The molecule has 0 spiro atoms. The van der Waals surface area contributed by atoms with Crippen LogP contribution >= 0.6 is 34.5 Å².